The van der Waals surface area contributed by atoms with Crippen LogP contribution < -0.4 is 11.1 Å². The molecule has 0 bridgehead atoms. The maximum Gasteiger partial charge on any atom is 0.250 e. The fourth-order valence-corrected chi connectivity index (χ4v) is 1.39. The number of rotatable bonds is 5. The van der Waals surface area contributed by atoms with Gasteiger partial charge >= 0.3 is 0 Å². The van der Waals surface area contributed by atoms with Crippen molar-refractivity contribution in [2.24, 2.45) is 5.73 Å². The van der Waals surface area contributed by atoms with E-state index in [2.05, 4.69) is 10.2 Å². The molecule has 6 nitrogen and oxygen atoms in total. The van der Waals surface area contributed by atoms with E-state index >= 15 is 0 Å². The second-order valence-corrected chi connectivity index (χ2v) is 3.50. The SMILES string of the molecule is NCC(O)C(=O)NCCN1CCOCC1. The van der Waals surface area contributed by atoms with Crippen LogP contribution >= 0.6 is 0 Å². The number of nitrogens with two attached hydrogens (primary N) is 1. The zero-order chi connectivity index (χ0) is 11.1. The van der Waals surface area contributed by atoms with Crippen LogP contribution in [0.4, 0.5) is 0 Å². The van der Waals surface area contributed by atoms with Gasteiger partial charge in [-0.2, -0.15) is 0 Å². The molecule has 1 atom stereocenters. The molecule has 4 N–H and O–H groups in total. The standard InChI is InChI=1S/C9H19N3O3/c10-7-8(13)9(14)11-1-2-12-3-5-15-6-4-12/h8,13H,1-7,10H2,(H,11,14). The molecule has 1 saturated heterocycles. The van der Waals surface area contributed by atoms with Crippen molar-refractivity contribution >= 4 is 5.91 Å². The van der Waals surface area contributed by atoms with Crippen molar-refractivity contribution in [2.75, 3.05) is 45.9 Å². The van der Waals surface area contributed by atoms with Crippen molar-refractivity contribution in [1.29, 1.82) is 0 Å². The Bertz CT molecular complexity index is 195. The summed E-state index contributed by atoms with van der Waals surface area (Å²) < 4.78 is 5.20. The second kappa shape index (κ2) is 6.73. The first-order valence-corrected chi connectivity index (χ1v) is 5.20. The fraction of sp³-hybridized carbons (Fsp3) is 0.889. The third kappa shape index (κ3) is 4.57. The zero-order valence-corrected chi connectivity index (χ0v) is 8.82. The molecule has 1 heterocycles. The van der Waals surface area contributed by atoms with Crippen LogP contribution in [0, 0.1) is 0 Å². The molecule has 0 saturated carbocycles. The lowest BCUT2D eigenvalue weighted by Crippen LogP contribution is -2.44. The van der Waals surface area contributed by atoms with Crippen molar-refractivity contribution in [3.05, 3.63) is 0 Å². The van der Waals surface area contributed by atoms with Gasteiger partial charge in [-0.1, -0.05) is 0 Å². The van der Waals surface area contributed by atoms with Crippen molar-refractivity contribution in [1.82, 2.24) is 10.2 Å². The highest BCUT2D eigenvalue weighted by Gasteiger charge is 2.13. The number of aliphatic hydroxyl groups excluding tert-OH is 1. The number of amides is 1. The van der Waals surface area contributed by atoms with Gasteiger partial charge in [0.15, 0.2) is 0 Å². The smallest absolute Gasteiger partial charge is 0.250 e. The minimum atomic E-state index is -1.09. The van der Waals surface area contributed by atoms with E-state index in [9.17, 15) is 4.79 Å². The van der Waals surface area contributed by atoms with Gasteiger partial charge in [-0.05, 0) is 0 Å². The summed E-state index contributed by atoms with van der Waals surface area (Å²) in [5.74, 6) is -0.397. The van der Waals surface area contributed by atoms with Gasteiger partial charge in [0.2, 0.25) is 5.91 Å². The van der Waals surface area contributed by atoms with Gasteiger partial charge in [-0.3, -0.25) is 9.69 Å². The molecule has 1 unspecified atom stereocenters. The Hall–Kier alpha value is -0.690. The summed E-state index contributed by atoms with van der Waals surface area (Å²) in [6.07, 6.45) is -1.09. The van der Waals surface area contributed by atoms with Gasteiger partial charge in [-0.25, -0.2) is 0 Å². The molecule has 6 heteroatoms. The summed E-state index contributed by atoms with van der Waals surface area (Å²) in [4.78, 5) is 13.3. The normalized spacial score (nSPS) is 19.9. The molecule has 88 valence electrons. The lowest BCUT2D eigenvalue weighted by molar-refractivity contribution is -0.128. The maximum absolute atomic E-state index is 11.1. The summed E-state index contributed by atoms with van der Waals surface area (Å²) in [6, 6.07) is 0. The minimum absolute atomic E-state index is 0.0383. The van der Waals surface area contributed by atoms with E-state index in [4.69, 9.17) is 15.6 Å². The number of nitrogens with one attached hydrogen (secondary N) is 1. The van der Waals surface area contributed by atoms with Gasteiger partial charge in [0.1, 0.15) is 6.10 Å². The maximum atomic E-state index is 11.1. The van der Waals surface area contributed by atoms with Gasteiger partial charge in [0.05, 0.1) is 13.2 Å². The lowest BCUT2D eigenvalue weighted by atomic mass is 10.3. The van der Waals surface area contributed by atoms with Crippen LogP contribution in [0.5, 0.6) is 0 Å². The Morgan fingerprint density at radius 3 is 2.80 bits per heavy atom. The summed E-state index contributed by atoms with van der Waals surface area (Å²) in [6.45, 7) is 4.58. The zero-order valence-electron chi connectivity index (χ0n) is 8.82. The first kappa shape index (κ1) is 12.4. The number of hydrogen-bond acceptors (Lipinski definition) is 5. The molecular formula is C9H19N3O3. The first-order valence-electron chi connectivity index (χ1n) is 5.20. The highest BCUT2D eigenvalue weighted by atomic mass is 16.5. The van der Waals surface area contributed by atoms with Crippen LogP contribution in [-0.2, 0) is 9.53 Å². The molecule has 0 aromatic carbocycles. The number of carbonyl (C=O) groups is 1. The monoisotopic (exact) mass is 217 g/mol. The highest BCUT2D eigenvalue weighted by molar-refractivity contribution is 5.80. The number of carbonyl (C=O) groups excluding carboxylic acids is 1. The summed E-state index contributed by atoms with van der Waals surface area (Å²) in [5.41, 5.74) is 5.15. The van der Waals surface area contributed by atoms with Crippen molar-refractivity contribution in [2.45, 2.75) is 6.10 Å². The largest absolute Gasteiger partial charge is 0.382 e. The third-order valence-electron chi connectivity index (χ3n) is 2.36. The molecule has 15 heavy (non-hydrogen) atoms. The quantitative estimate of drug-likeness (QED) is 0.484. The molecule has 0 aromatic heterocycles. The van der Waals surface area contributed by atoms with Gasteiger partial charge < -0.3 is 20.9 Å². The molecule has 0 aliphatic carbocycles. The first-order chi connectivity index (χ1) is 7.24. The Kier molecular flexibility index (Phi) is 5.56. The molecule has 1 rings (SSSR count). The average molecular weight is 217 g/mol. The summed E-state index contributed by atoms with van der Waals surface area (Å²) in [5, 5.41) is 11.7. The third-order valence-corrected chi connectivity index (χ3v) is 2.36. The molecule has 1 amide bonds. The van der Waals surface area contributed by atoms with Gasteiger partial charge in [0, 0.05) is 32.7 Å². The minimum Gasteiger partial charge on any atom is -0.382 e. The number of hydrogen-bond donors (Lipinski definition) is 3. The molecule has 0 aromatic rings. The second-order valence-electron chi connectivity index (χ2n) is 3.50. The number of aliphatic hydroxyl groups is 1. The van der Waals surface area contributed by atoms with Crippen LogP contribution in [0.2, 0.25) is 0 Å². The number of morpholine rings is 1. The number of ether oxygens (including phenoxy) is 1. The average Bonchev–Trinajstić information content (AvgIpc) is 2.29. The van der Waals surface area contributed by atoms with Crippen LogP contribution in [-0.4, -0.2) is 68.0 Å². The van der Waals surface area contributed by atoms with E-state index in [0.29, 0.717) is 6.54 Å². The van der Waals surface area contributed by atoms with E-state index in [1.807, 2.05) is 0 Å². The topological polar surface area (TPSA) is 87.8 Å². The molecule has 1 fully saturated rings. The number of nitrogens with zero attached hydrogens (tertiary/aromatic N) is 1. The Balaban J connectivity index is 2.07. The summed E-state index contributed by atoms with van der Waals surface area (Å²) in [7, 11) is 0. The Labute approximate surface area is 89.4 Å². The van der Waals surface area contributed by atoms with Crippen molar-refractivity contribution in [3.63, 3.8) is 0 Å². The molecular weight excluding hydrogens is 198 g/mol. The van der Waals surface area contributed by atoms with Crippen LogP contribution in [0.25, 0.3) is 0 Å². The highest BCUT2D eigenvalue weighted by Crippen LogP contribution is 1.94. The fourth-order valence-electron chi connectivity index (χ4n) is 1.39. The van der Waals surface area contributed by atoms with Gasteiger partial charge in [-0.15, -0.1) is 0 Å². The van der Waals surface area contributed by atoms with E-state index in [1.165, 1.54) is 0 Å². The Morgan fingerprint density at radius 2 is 2.20 bits per heavy atom. The van der Waals surface area contributed by atoms with E-state index < -0.39 is 12.0 Å². The van der Waals surface area contributed by atoms with Crippen LogP contribution in [0.15, 0.2) is 0 Å². The Morgan fingerprint density at radius 1 is 1.53 bits per heavy atom. The van der Waals surface area contributed by atoms with E-state index in [0.717, 1.165) is 32.8 Å². The van der Waals surface area contributed by atoms with Crippen molar-refractivity contribution in [3.8, 4) is 0 Å². The van der Waals surface area contributed by atoms with E-state index in [-0.39, 0.29) is 6.54 Å². The lowest BCUT2D eigenvalue weighted by Gasteiger charge is -2.26. The van der Waals surface area contributed by atoms with Crippen LogP contribution in [0.3, 0.4) is 0 Å². The van der Waals surface area contributed by atoms with Crippen LogP contribution in [0.1, 0.15) is 0 Å². The predicted molar refractivity (Wildman–Crippen MR) is 55.3 cm³/mol. The summed E-state index contributed by atoms with van der Waals surface area (Å²) >= 11 is 0. The van der Waals surface area contributed by atoms with E-state index in [1.54, 1.807) is 0 Å². The molecule has 0 radical (unpaired) electrons. The predicted octanol–water partition coefficient (Wildman–Crippen LogP) is -2.25. The molecule has 1 aliphatic rings. The van der Waals surface area contributed by atoms with Gasteiger partial charge in [0.25, 0.3) is 0 Å². The van der Waals surface area contributed by atoms with Crippen molar-refractivity contribution < 1.29 is 14.6 Å². The molecule has 0 spiro atoms. The molecule has 1 aliphatic heterocycles.